The van der Waals surface area contributed by atoms with E-state index in [4.69, 9.17) is 18.0 Å². The third-order valence-electron chi connectivity index (χ3n) is 5.24. The van der Waals surface area contributed by atoms with Crippen LogP contribution in [0.2, 0.25) is 6.04 Å². The highest BCUT2D eigenvalue weighted by molar-refractivity contribution is 6.60. The quantitative estimate of drug-likeness (QED) is 0.381. The zero-order valence-electron chi connectivity index (χ0n) is 18.2. The van der Waals surface area contributed by atoms with Crippen LogP contribution >= 0.6 is 0 Å². The van der Waals surface area contributed by atoms with Crippen molar-refractivity contribution in [1.29, 1.82) is 0 Å². The van der Waals surface area contributed by atoms with Crippen molar-refractivity contribution in [3.05, 3.63) is 0 Å². The van der Waals surface area contributed by atoms with Crippen molar-refractivity contribution in [1.82, 2.24) is 5.32 Å². The fourth-order valence-corrected chi connectivity index (χ4v) is 6.54. The van der Waals surface area contributed by atoms with E-state index in [9.17, 15) is 4.79 Å². The summed E-state index contributed by atoms with van der Waals surface area (Å²) in [5.74, 6) is 1.61. The SMILES string of the molecule is CCO[Si](CCCNC(=O)O[C@H]1C[C@@H](C)CC[C@H]1C(C)C)(OCC)OCC. The second-order valence-corrected chi connectivity index (χ2v) is 10.5. The van der Waals surface area contributed by atoms with E-state index in [2.05, 4.69) is 26.1 Å². The second-order valence-electron chi connectivity index (χ2n) is 7.78. The van der Waals surface area contributed by atoms with Gasteiger partial charge in [-0.05, 0) is 57.8 Å². The molecule has 0 spiro atoms. The number of carbonyl (C=O) groups is 1. The fourth-order valence-electron chi connectivity index (χ4n) is 3.93. The average molecular weight is 404 g/mol. The monoisotopic (exact) mass is 403 g/mol. The normalized spacial score (nSPS) is 23.4. The molecular weight excluding hydrogens is 362 g/mol. The molecule has 1 fully saturated rings. The number of alkyl carbamates (subject to hydrolysis) is 1. The van der Waals surface area contributed by atoms with Gasteiger partial charge in [0.25, 0.3) is 0 Å². The molecule has 1 amide bonds. The molecule has 1 rings (SSSR count). The zero-order valence-corrected chi connectivity index (χ0v) is 19.2. The molecule has 3 atom stereocenters. The standard InChI is InChI=1S/C20H41NO5Si/c1-7-23-27(24-8-2,25-9-3)14-10-13-21-20(22)26-19-15-17(6)11-12-18(19)16(4)5/h16-19H,7-15H2,1-6H3,(H,21,22)/t17-,18-,19-/m0/s1. The van der Waals surface area contributed by atoms with Crippen molar-refractivity contribution in [3.8, 4) is 0 Å². The van der Waals surface area contributed by atoms with Gasteiger partial charge >= 0.3 is 14.9 Å². The average Bonchev–Trinajstić information content (AvgIpc) is 2.59. The lowest BCUT2D eigenvalue weighted by atomic mass is 9.75. The second kappa shape index (κ2) is 12.8. The minimum absolute atomic E-state index is 0.0255. The smallest absolute Gasteiger partial charge is 0.446 e. The van der Waals surface area contributed by atoms with Crippen molar-refractivity contribution in [2.45, 2.75) is 79.4 Å². The largest absolute Gasteiger partial charge is 0.500 e. The molecule has 0 bridgehead atoms. The number of nitrogens with one attached hydrogen (secondary N) is 1. The van der Waals surface area contributed by atoms with Crippen molar-refractivity contribution in [2.75, 3.05) is 26.4 Å². The minimum Gasteiger partial charge on any atom is -0.446 e. The van der Waals surface area contributed by atoms with Crippen LogP contribution in [0.3, 0.4) is 0 Å². The van der Waals surface area contributed by atoms with Crippen LogP contribution in [0.15, 0.2) is 0 Å². The van der Waals surface area contributed by atoms with Crippen LogP contribution in [0.5, 0.6) is 0 Å². The maximum absolute atomic E-state index is 12.3. The maximum Gasteiger partial charge on any atom is 0.500 e. The van der Waals surface area contributed by atoms with E-state index >= 15 is 0 Å². The lowest BCUT2D eigenvalue weighted by Gasteiger charge is -2.36. The summed E-state index contributed by atoms with van der Waals surface area (Å²) in [4.78, 5) is 12.3. The summed E-state index contributed by atoms with van der Waals surface area (Å²) in [5.41, 5.74) is 0. The third-order valence-corrected chi connectivity index (χ3v) is 8.39. The van der Waals surface area contributed by atoms with E-state index in [-0.39, 0.29) is 12.2 Å². The Labute approximate surface area is 167 Å². The molecule has 7 heteroatoms. The molecule has 27 heavy (non-hydrogen) atoms. The van der Waals surface area contributed by atoms with Crippen molar-refractivity contribution < 1.29 is 22.8 Å². The highest BCUT2D eigenvalue weighted by atomic mass is 28.4. The summed E-state index contributed by atoms with van der Waals surface area (Å²) in [6.07, 6.45) is 3.79. The number of carbonyl (C=O) groups excluding carboxylic acids is 1. The van der Waals surface area contributed by atoms with Gasteiger partial charge < -0.3 is 23.3 Å². The van der Waals surface area contributed by atoms with Crippen LogP contribution in [0.4, 0.5) is 4.79 Å². The fraction of sp³-hybridized carbons (Fsp3) is 0.950. The van der Waals surface area contributed by atoms with E-state index in [1.807, 2.05) is 20.8 Å². The van der Waals surface area contributed by atoms with Gasteiger partial charge in [0.15, 0.2) is 0 Å². The number of amides is 1. The number of hydrogen-bond donors (Lipinski definition) is 1. The Morgan fingerprint density at radius 3 is 2.19 bits per heavy atom. The van der Waals surface area contributed by atoms with Crippen LogP contribution in [0.1, 0.15) is 67.2 Å². The molecule has 6 nitrogen and oxygen atoms in total. The first-order valence-corrected chi connectivity index (χ1v) is 12.7. The molecule has 160 valence electrons. The number of hydrogen-bond acceptors (Lipinski definition) is 5. The van der Waals surface area contributed by atoms with Crippen LogP contribution in [-0.2, 0) is 18.0 Å². The molecule has 1 saturated carbocycles. The summed E-state index contributed by atoms with van der Waals surface area (Å²) < 4.78 is 23.3. The minimum atomic E-state index is -2.64. The molecule has 1 aliphatic rings. The summed E-state index contributed by atoms with van der Waals surface area (Å²) in [5, 5.41) is 2.90. The Morgan fingerprint density at radius 2 is 1.67 bits per heavy atom. The summed E-state index contributed by atoms with van der Waals surface area (Å²) in [7, 11) is -2.64. The van der Waals surface area contributed by atoms with Crippen molar-refractivity contribution >= 4 is 14.9 Å². The maximum atomic E-state index is 12.3. The van der Waals surface area contributed by atoms with E-state index in [0.717, 1.165) is 19.3 Å². The van der Waals surface area contributed by atoms with Crippen LogP contribution < -0.4 is 5.32 Å². The van der Waals surface area contributed by atoms with Gasteiger partial charge in [0.1, 0.15) is 6.10 Å². The predicted molar refractivity (Wildman–Crippen MR) is 110 cm³/mol. The van der Waals surface area contributed by atoms with E-state index in [1.165, 1.54) is 6.42 Å². The molecule has 0 aromatic carbocycles. The van der Waals surface area contributed by atoms with Gasteiger partial charge in [-0.2, -0.15) is 0 Å². The number of ether oxygens (including phenoxy) is 1. The van der Waals surface area contributed by atoms with Gasteiger partial charge in [0, 0.05) is 32.4 Å². The number of rotatable bonds is 12. The Kier molecular flexibility index (Phi) is 11.5. The Balaban J connectivity index is 2.44. The van der Waals surface area contributed by atoms with Crippen molar-refractivity contribution in [3.63, 3.8) is 0 Å². The molecule has 0 heterocycles. The van der Waals surface area contributed by atoms with Crippen molar-refractivity contribution in [2.24, 2.45) is 17.8 Å². The van der Waals surface area contributed by atoms with E-state index < -0.39 is 8.80 Å². The Bertz CT molecular complexity index is 404. The highest BCUT2D eigenvalue weighted by Crippen LogP contribution is 2.35. The lowest BCUT2D eigenvalue weighted by Crippen LogP contribution is -2.46. The van der Waals surface area contributed by atoms with E-state index in [1.54, 1.807) is 0 Å². The molecule has 0 aromatic heterocycles. The first-order chi connectivity index (χ1) is 12.9. The van der Waals surface area contributed by atoms with Gasteiger partial charge in [-0.25, -0.2) is 4.79 Å². The summed E-state index contributed by atoms with van der Waals surface area (Å²) in [6, 6.07) is 0.692. The predicted octanol–water partition coefficient (Wildman–Crippen LogP) is 4.61. The van der Waals surface area contributed by atoms with Gasteiger partial charge in [0.05, 0.1) is 0 Å². The molecular formula is C20H41NO5Si. The zero-order chi connectivity index (χ0) is 20.3. The summed E-state index contributed by atoms with van der Waals surface area (Å²) in [6.45, 7) is 14.8. The lowest BCUT2D eigenvalue weighted by molar-refractivity contribution is 0.00615. The molecule has 0 radical (unpaired) electrons. The first kappa shape index (κ1) is 24.4. The first-order valence-electron chi connectivity index (χ1n) is 10.7. The van der Waals surface area contributed by atoms with Crippen LogP contribution in [-0.4, -0.2) is 47.4 Å². The van der Waals surface area contributed by atoms with Gasteiger partial charge in [-0.15, -0.1) is 0 Å². The van der Waals surface area contributed by atoms with Crippen LogP contribution in [0, 0.1) is 17.8 Å². The molecule has 0 aliphatic heterocycles. The van der Waals surface area contributed by atoms with E-state index in [0.29, 0.717) is 50.2 Å². The highest BCUT2D eigenvalue weighted by Gasteiger charge is 2.39. The van der Waals surface area contributed by atoms with Gasteiger partial charge in [-0.1, -0.05) is 27.2 Å². The molecule has 1 N–H and O–H groups in total. The Hall–Kier alpha value is -0.633. The molecule has 0 aromatic rings. The van der Waals surface area contributed by atoms with Crippen LogP contribution in [0.25, 0.3) is 0 Å². The third kappa shape index (κ3) is 8.50. The van der Waals surface area contributed by atoms with Gasteiger partial charge in [-0.3, -0.25) is 0 Å². The van der Waals surface area contributed by atoms with Gasteiger partial charge in [0.2, 0.25) is 0 Å². The topological polar surface area (TPSA) is 66.0 Å². The molecule has 0 unspecified atom stereocenters. The Morgan fingerprint density at radius 1 is 1.07 bits per heavy atom. The summed E-state index contributed by atoms with van der Waals surface area (Å²) >= 11 is 0. The molecule has 1 aliphatic carbocycles. The molecule has 0 saturated heterocycles.